The van der Waals surface area contributed by atoms with Crippen molar-refractivity contribution in [2.45, 2.75) is 20.4 Å². The summed E-state index contributed by atoms with van der Waals surface area (Å²) in [6.45, 7) is 4.15. The molecule has 9 nitrogen and oxygen atoms in total. The highest BCUT2D eigenvalue weighted by Gasteiger charge is 2.07. The molecule has 0 aliphatic heterocycles. The number of nitrogens with zero attached hydrogens (tertiary/aromatic N) is 2. The van der Waals surface area contributed by atoms with Crippen LogP contribution in [0.2, 0.25) is 0 Å². The molecule has 0 aliphatic carbocycles. The van der Waals surface area contributed by atoms with Gasteiger partial charge in [-0.1, -0.05) is 6.07 Å². The molecule has 2 aromatic carbocycles. The number of benzene rings is 2. The lowest BCUT2D eigenvalue weighted by Crippen LogP contribution is -2.34. The number of carbonyl (C=O) groups excluding carboxylic acids is 2. The molecule has 172 valence electrons. The lowest BCUT2D eigenvalue weighted by molar-refractivity contribution is -0.123. The number of amides is 2. The molecule has 0 atom stereocenters. The lowest BCUT2D eigenvalue weighted by atomic mass is 10.1. The van der Waals surface area contributed by atoms with Gasteiger partial charge in [-0.15, -0.1) is 0 Å². The highest BCUT2D eigenvalue weighted by molar-refractivity contribution is 5.88. The molecule has 33 heavy (non-hydrogen) atoms. The van der Waals surface area contributed by atoms with E-state index in [9.17, 15) is 14.4 Å². The van der Waals surface area contributed by atoms with Crippen LogP contribution >= 0.6 is 0 Å². The second-order valence-electron chi connectivity index (χ2n) is 7.08. The first kappa shape index (κ1) is 23.5. The molecule has 0 saturated heterocycles. The van der Waals surface area contributed by atoms with Gasteiger partial charge in [-0.05, 0) is 49.4 Å². The largest absolute Gasteiger partial charge is 0.494 e. The van der Waals surface area contributed by atoms with Gasteiger partial charge in [0.2, 0.25) is 5.91 Å². The third-order valence-electron chi connectivity index (χ3n) is 4.50. The quantitative estimate of drug-likeness (QED) is 0.491. The molecule has 1 aromatic heterocycles. The van der Waals surface area contributed by atoms with Crippen LogP contribution in [-0.4, -0.2) is 41.4 Å². The predicted molar refractivity (Wildman–Crippen MR) is 124 cm³/mol. The smallest absolute Gasteiger partial charge is 0.266 e. The molecule has 0 fully saturated rings. The van der Waals surface area contributed by atoms with Crippen molar-refractivity contribution in [2.75, 3.05) is 25.1 Å². The first-order valence-electron chi connectivity index (χ1n) is 10.5. The summed E-state index contributed by atoms with van der Waals surface area (Å²) in [5.74, 6) is 0.690. The van der Waals surface area contributed by atoms with E-state index in [4.69, 9.17) is 9.47 Å². The average Bonchev–Trinajstić information content (AvgIpc) is 2.79. The van der Waals surface area contributed by atoms with E-state index in [1.165, 1.54) is 17.7 Å². The Bertz CT molecular complexity index is 1160. The van der Waals surface area contributed by atoms with Crippen molar-refractivity contribution in [2.24, 2.45) is 0 Å². The average molecular weight is 450 g/mol. The zero-order valence-electron chi connectivity index (χ0n) is 18.5. The molecule has 1 heterocycles. The van der Waals surface area contributed by atoms with E-state index in [0.717, 1.165) is 11.3 Å². The van der Waals surface area contributed by atoms with E-state index in [-0.39, 0.29) is 37.1 Å². The first-order chi connectivity index (χ1) is 15.9. The van der Waals surface area contributed by atoms with Gasteiger partial charge in [0.1, 0.15) is 11.5 Å². The Morgan fingerprint density at radius 2 is 1.79 bits per heavy atom. The van der Waals surface area contributed by atoms with Crippen LogP contribution in [0.25, 0.3) is 11.3 Å². The summed E-state index contributed by atoms with van der Waals surface area (Å²) < 4.78 is 12.2. The number of nitrogens with one attached hydrogen (secondary N) is 2. The van der Waals surface area contributed by atoms with Crippen LogP contribution in [0.3, 0.4) is 0 Å². The van der Waals surface area contributed by atoms with E-state index in [0.29, 0.717) is 23.7 Å². The maximum Gasteiger partial charge on any atom is 0.266 e. The summed E-state index contributed by atoms with van der Waals surface area (Å²) in [7, 11) is 0. The number of rotatable bonds is 10. The standard InChI is InChI=1S/C24H26N4O5/c1-3-32-20-9-7-18(8-10-20)22-11-12-24(31)28(27-22)14-13-25-23(30)16-33-21-6-4-5-19(15-21)26-17(2)29/h4-12,15H,3,13-14,16H2,1-2H3,(H,25,30)(H,26,29). The van der Waals surface area contributed by atoms with Crippen molar-refractivity contribution in [3.8, 4) is 22.8 Å². The Kier molecular flexibility index (Phi) is 8.18. The number of hydrogen-bond acceptors (Lipinski definition) is 6. The molecule has 0 spiro atoms. The fourth-order valence-corrected chi connectivity index (χ4v) is 3.02. The SMILES string of the molecule is CCOc1ccc(-c2ccc(=O)n(CCNC(=O)COc3cccc(NC(C)=O)c3)n2)cc1. The van der Waals surface area contributed by atoms with Crippen molar-refractivity contribution in [1.82, 2.24) is 15.1 Å². The molecule has 0 saturated carbocycles. The van der Waals surface area contributed by atoms with E-state index < -0.39 is 0 Å². The summed E-state index contributed by atoms with van der Waals surface area (Å²) >= 11 is 0. The Morgan fingerprint density at radius 1 is 1.00 bits per heavy atom. The van der Waals surface area contributed by atoms with Gasteiger partial charge in [0, 0.05) is 36.9 Å². The topological polar surface area (TPSA) is 112 Å². The zero-order chi connectivity index (χ0) is 23.6. The summed E-state index contributed by atoms with van der Waals surface area (Å²) in [5, 5.41) is 9.74. The summed E-state index contributed by atoms with van der Waals surface area (Å²) in [4.78, 5) is 35.4. The third kappa shape index (κ3) is 7.20. The summed E-state index contributed by atoms with van der Waals surface area (Å²) in [5.41, 5.74) is 1.82. The van der Waals surface area contributed by atoms with E-state index in [1.807, 2.05) is 31.2 Å². The fourth-order valence-electron chi connectivity index (χ4n) is 3.02. The Morgan fingerprint density at radius 3 is 2.52 bits per heavy atom. The van der Waals surface area contributed by atoms with Crippen LogP contribution in [0.4, 0.5) is 5.69 Å². The first-order valence-corrected chi connectivity index (χ1v) is 10.5. The highest BCUT2D eigenvalue weighted by atomic mass is 16.5. The predicted octanol–water partition coefficient (Wildman–Crippen LogP) is 2.46. The van der Waals surface area contributed by atoms with Crippen LogP contribution in [-0.2, 0) is 16.1 Å². The van der Waals surface area contributed by atoms with Crippen LogP contribution in [0.15, 0.2) is 65.5 Å². The van der Waals surface area contributed by atoms with Crippen molar-refractivity contribution in [3.63, 3.8) is 0 Å². The van der Waals surface area contributed by atoms with E-state index in [2.05, 4.69) is 15.7 Å². The molecule has 2 amide bonds. The van der Waals surface area contributed by atoms with Crippen molar-refractivity contribution < 1.29 is 19.1 Å². The summed E-state index contributed by atoms with van der Waals surface area (Å²) in [6.07, 6.45) is 0. The number of anilines is 1. The van der Waals surface area contributed by atoms with Gasteiger partial charge >= 0.3 is 0 Å². The Labute approximate surface area is 191 Å². The molecule has 9 heteroatoms. The molecule has 0 radical (unpaired) electrons. The number of carbonyl (C=O) groups is 2. The van der Waals surface area contributed by atoms with Crippen molar-refractivity contribution >= 4 is 17.5 Å². The van der Waals surface area contributed by atoms with Gasteiger partial charge in [-0.25, -0.2) is 4.68 Å². The third-order valence-corrected chi connectivity index (χ3v) is 4.50. The highest BCUT2D eigenvalue weighted by Crippen LogP contribution is 2.20. The lowest BCUT2D eigenvalue weighted by Gasteiger charge is -2.10. The van der Waals surface area contributed by atoms with Crippen LogP contribution in [0, 0.1) is 0 Å². The normalized spacial score (nSPS) is 10.4. The van der Waals surface area contributed by atoms with Gasteiger partial charge in [0.15, 0.2) is 6.61 Å². The number of aromatic nitrogens is 2. The summed E-state index contributed by atoms with van der Waals surface area (Å²) in [6, 6.07) is 17.3. The minimum atomic E-state index is -0.337. The van der Waals surface area contributed by atoms with Crippen LogP contribution in [0.1, 0.15) is 13.8 Å². The van der Waals surface area contributed by atoms with Gasteiger partial charge in [0.25, 0.3) is 11.5 Å². The molecule has 0 unspecified atom stereocenters. The second kappa shape index (κ2) is 11.5. The van der Waals surface area contributed by atoms with E-state index >= 15 is 0 Å². The van der Waals surface area contributed by atoms with Crippen molar-refractivity contribution in [1.29, 1.82) is 0 Å². The van der Waals surface area contributed by atoms with Gasteiger partial charge in [-0.3, -0.25) is 14.4 Å². The monoisotopic (exact) mass is 450 g/mol. The molecule has 3 rings (SSSR count). The number of ether oxygens (including phenoxy) is 2. The van der Waals surface area contributed by atoms with Gasteiger partial charge in [-0.2, -0.15) is 5.10 Å². The molecule has 3 aromatic rings. The van der Waals surface area contributed by atoms with E-state index in [1.54, 1.807) is 30.3 Å². The van der Waals surface area contributed by atoms with Crippen LogP contribution in [0.5, 0.6) is 11.5 Å². The Hall–Kier alpha value is -4.14. The van der Waals surface area contributed by atoms with Gasteiger partial charge < -0.3 is 20.1 Å². The minimum Gasteiger partial charge on any atom is -0.494 e. The molecular weight excluding hydrogens is 424 g/mol. The van der Waals surface area contributed by atoms with Gasteiger partial charge in [0.05, 0.1) is 18.8 Å². The zero-order valence-corrected chi connectivity index (χ0v) is 18.5. The maximum absolute atomic E-state index is 12.1. The molecule has 0 bridgehead atoms. The molecular formula is C24H26N4O5. The van der Waals surface area contributed by atoms with Crippen molar-refractivity contribution in [3.05, 3.63) is 71.0 Å². The fraction of sp³-hybridized carbons (Fsp3) is 0.250. The molecule has 0 aliphatic rings. The molecule has 2 N–H and O–H groups in total. The van der Waals surface area contributed by atoms with Crippen LogP contribution < -0.4 is 25.7 Å². The minimum absolute atomic E-state index is 0.194. The second-order valence-corrected chi connectivity index (χ2v) is 7.08. The Balaban J connectivity index is 1.51. The maximum atomic E-state index is 12.1. The number of hydrogen-bond donors (Lipinski definition) is 2.